The Morgan fingerprint density at radius 2 is 0.981 bits per heavy atom. The van der Waals surface area contributed by atoms with E-state index in [0.29, 0.717) is 0 Å². The van der Waals surface area contributed by atoms with Crippen LogP contribution >= 0.6 is 0 Å². The van der Waals surface area contributed by atoms with Gasteiger partial charge in [0.2, 0.25) is 0 Å². The maximum Gasteiger partial charge on any atom is 0.0541 e. The first kappa shape index (κ1) is 29.9. The molecule has 0 atom stereocenters. The molecule has 7 aromatic carbocycles. The molecule has 4 fully saturated rings. The van der Waals surface area contributed by atoms with Gasteiger partial charge in [-0.15, -0.1) is 0 Å². The minimum Gasteiger partial charge on any atom is -0.309 e. The Kier molecular flexibility index (Phi) is 6.30. The van der Waals surface area contributed by atoms with E-state index >= 15 is 0 Å². The molecule has 13 rings (SSSR count). The van der Waals surface area contributed by atoms with Crippen LogP contribution in [0.1, 0.15) is 43.2 Å². The van der Waals surface area contributed by atoms with Crippen molar-refractivity contribution in [2.24, 2.45) is 23.7 Å². The molecule has 5 aliphatic carbocycles. The van der Waals surface area contributed by atoms with Crippen LogP contribution in [0.15, 0.2) is 164 Å². The van der Waals surface area contributed by atoms with Crippen LogP contribution < -0.4 is 0 Å². The molecule has 0 aliphatic heterocycles. The van der Waals surface area contributed by atoms with Gasteiger partial charge >= 0.3 is 0 Å². The number of benzene rings is 7. The zero-order valence-corrected chi connectivity index (χ0v) is 29.9. The quantitative estimate of drug-likeness (QED) is 0.174. The van der Waals surface area contributed by atoms with Crippen LogP contribution in [0, 0.1) is 23.7 Å². The van der Waals surface area contributed by atoms with Gasteiger partial charge < -0.3 is 4.57 Å². The van der Waals surface area contributed by atoms with E-state index in [4.69, 9.17) is 0 Å². The van der Waals surface area contributed by atoms with Gasteiger partial charge in [0.15, 0.2) is 0 Å². The van der Waals surface area contributed by atoms with E-state index in [-0.39, 0.29) is 5.41 Å². The van der Waals surface area contributed by atoms with Crippen LogP contribution in [0.5, 0.6) is 0 Å². The molecule has 8 aromatic rings. The first-order valence-corrected chi connectivity index (χ1v) is 19.8. The molecule has 0 unspecified atom stereocenters. The summed E-state index contributed by atoms with van der Waals surface area (Å²) in [6.07, 6.45) is 7.14. The van der Waals surface area contributed by atoms with Crippen molar-refractivity contribution in [3.05, 3.63) is 175 Å². The molecule has 53 heavy (non-hydrogen) atoms. The normalized spacial score (nSPS) is 23.5. The van der Waals surface area contributed by atoms with Crippen molar-refractivity contribution in [3.8, 4) is 50.2 Å². The van der Waals surface area contributed by atoms with Gasteiger partial charge in [-0.25, -0.2) is 0 Å². The summed E-state index contributed by atoms with van der Waals surface area (Å²) in [7, 11) is 0. The Morgan fingerprint density at radius 1 is 0.396 bits per heavy atom. The summed E-state index contributed by atoms with van der Waals surface area (Å²) in [4.78, 5) is 0. The number of para-hydroxylation sites is 1. The van der Waals surface area contributed by atoms with Gasteiger partial charge in [-0.2, -0.15) is 0 Å². The van der Waals surface area contributed by atoms with E-state index < -0.39 is 0 Å². The average molecular weight is 680 g/mol. The van der Waals surface area contributed by atoms with Crippen molar-refractivity contribution in [2.45, 2.75) is 37.5 Å². The van der Waals surface area contributed by atoms with E-state index in [1.165, 1.54) is 104 Å². The van der Waals surface area contributed by atoms with Gasteiger partial charge in [0.05, 0.1) is 11.0 Å². The Bertz CT molecular complexity index is 2700. The molecule has 0 radical (unpaired) electrons. The number of hydrogen-bond acceptors (Lipinski definition) is 0. The van der Waals surface area contributed by atoms with Crippen molar-refractivity contribution in [1.29, 1.82) is 0 Å². The van der Waals surface area contributed by atoms with Crippen molar-refractivity contribution in [3.63, 3.8) is 0 Å². The second kappa shape index (κ2) is 11.2. The molecule has 1 spiro atoms. The Hall–Kier alpha value is -5.66. The molecule has 1 heteroatoms. The highest BCUT2D eigenvalue weighted by Crippen LogP contribution is 2.70. The standard InChI is InChI=1S/C52H41N/c1-2-10-35(11-3-1)37-12-8-13-38(31-37)36-20-23-42(24-21-36)53-49-19-7-5-14-44(49)46-32-39(22-25-50(46)53)43-16-9-18-48-51(43)45-15-4-6-17-47(45)52(48)40-27-33-26-34(29-40)30-41(52)28-33/h1-25,31-34,40-41H,26-30H2. The van der Waals surface area contributed by atoms with Gasteiger partial charge in [0.1, 0.15) is 0 Å². The lowest BCUT2D eigenvalue weighted by Gasteiger charge is -2.61. The number of rotatable bonds is 4. The van der Waals surface area contributed by atoms with Gasteiger partial charge in [0, 0.05) is 21.9 Å². The third-order valence-corrected chi connectivity index (χ3v) is 14.0. The van der Waals surface area contributed by atoms with E-state index in [9.17, 15) is 0 Å². The lowest BCUT2D eigenvalue weighted by molar-refractivity contribution is -0.0399. The van der Waals surface area contributed by atoms with Gasteiger partial charge in [-0.05, 0) is 148 Å². The highest BCUT2D eigenvalue weighted by Gasteiger charge is 2.61. The average Bonchev–Trinajstić information content (AvgIpc) is 3.71. The summed E-state index contributed by atoms with van der Waals surface area (Å²) in [6, 6.07) is 61.7. The molecule has 4 saturated carbocycles. The van der Waals surface area contributed by atoms with Crippen LogP contribution in [0.25, 0.3) is 72.0 Å². The molecular weight excluding hydrogens is 639 g/mol. The van der Waals surface area contributed by atoms with Gasteiger partial charge in [-0.1, -0.05) is 127 Å². The van der Waals surface area contributed by atoms with Crippen molar-refractivity contribution in [1.82, 2.24) is 4.57 Å². The fourth-order valence-corrected chi connectivity index (χ4v) is 12.2. The molecule has 254 valence electrons. The second-order valence-corrected chi connectivity index (χ2v) is 16.5. The monoisotopic (exact) mass is 679 g/mol. The van der Waals surface area contributed by atoms with Crippen LogP contribution in [0.2, 0.25) is 0 Å². The highest BCUT2D eigenvalue weighted by atomic mass is 15.0. The zero-order valence-electron chi connectivity index (χ0n) is 29.9. The summed E-state index contributed by atoms with van der Waals surface area (Å²) < 4.78 is 2.45. The molecule has 1 heterocycles. The lowest BCUT2D eigenvalue weighted by atomic mass is 9.43. The van der Waals surface area contributed by atoms with Crippen LogP contribution in [-0.2, 0) is 5.41 Å². The maximum atomic E-state index is 2.52. The fraction of sp³-hybridized carbons (Fsp3) is 0.192. The summed E-state index contributed by atoms with van der Waals surface area (Å²) in [6.45, 7) is 0. The number of nitrogens with zero attached hydrogens (tertiary/aromatic N) is 1. The summed E-state index contributed by atoms with van der Waals surface area (Å²) in [5.41, 5.74) is 17.8. The summed E-state index contributed by atoms with van der Waals surface area (Å²) >= 11 is 0. The first-order chi connectivity index (χ1) is 26.2. The molecular formula is C52H41N. The van der Waals surface area contributed by atoms with Crippen LogP contribution in [0.3, 0.4) is 0 Å². The summed E-state index contributed by atoms with van der Waals surface area (Å²) in [5, 5.41) is 2.61. The highest BCUT2D eigenvalue weighted by molar-refractivity contribution is 6.11. The summed E-state index contributed by atoms with van der Waals surface area (Å²) in [5.74, 6) is 3.45. The smallest absolute Gasteiger partial charge is 0.0541 e. The van der Waals surface area contributed by atoms with Crippen LogP contribution in [0.4, 0.5) is 0 Å². The zero-order chi connectivity index (χ0) is 34.7. The molecule has 4 bridgehead atoms. The minimum atomic E-state index is 0.185. The topological polar surface area (TPSA) is 4.93 Å². The van der Waals surface area contributed by atoms with E-state index in [1.54, 1.807) is 11.1 Å². The predicted molar refractivity (Wildman–Crippen MR) is 220 cm³/mol. The SMILES string of the molecule is c1ccc(-c2cccc(-c3ccc(-n4c5ccccc5c5cc(-c6cccc7c6-c6ccccc6C76C7CC8CC(C7)CC6C8)ccc54)cc3)c2)cc1. The third-order valence-electron chi connectivity index (χ3n) is 14.0. The lowest BCUT2D eigenvalue weighted by Crippen LogP contribution is -2.55. The minimum absolute atomic E-state index is 0.185. The second-order valence-electron chi connectivity index (χ2n) is 16.5. The maximum absolute atomic E-state index is 2.52. The molecule has 0 saturated heterocycles. The van der Waals surface area contributed by atoms with Crippen LogP contribution in [-0.4, -0.2) is 4.57 Å². The van der Waals surface area contributed by atoms with Gasteiger partial charge in [-0.3, -0.25) is 0 Å². The first-order valence-electron chi connectivity index (χ1n) is 19.8. The van der Waals surface area contributed by atoms with Crippen molar-refractivity contribution < 1.29 is 0 Å². The van der Waals surface area contributed by atoms with E-state index in [0.717, 1.165) is 23.7 Å². The predicted octanol–water partition coefficient (Wildman–Crippen LogP) is 13.5. The Labute approximate surface area is 311 Å². The molecule has 1 aromatic heterocycles. The van der Waals surface area contributed by atoms with E-state index in [1.807, 2.05) is 0 Å². The third kappa shape index (κ3) is 4.20. The van der Waals surface area contributed by atoms with E-state index in [2.05, 4.69) is 168 Å². The Morgan fingerprint density at radius 3 is 1.77 bits per heavy atom. The van der Waals surface area contributed by atoms with Crippen molar-refractivity contribution in [2.75, 3.05) is 0 Å². The number of fused-ring (bicyclic) bond motifs is 6. The van der Waals surface area contributed by atoms with Gasteiger partial charge in [0.25, 0.3) is 0 Å². The van der Waals surface area contributed by atoms with Crippen molar-refractivity contribution >= 4 is 21.8 Å². The molecule has 0 amide bonds. The number of aromatic nitrogens is 1. The molecule has 1 nitrogen and oxygen atoms in total. The molecule has 5 aliphatic rings. The Balaban J connectivity index is 0.979. The largest absolute Gasteiger partial charge is 0.309 e. The fourth-order valence-electron chi connectivity index (χ4n) is 12.2. The molecule has 0 N–H and O–H groups in total. The number of hydrogen-bond donors (Lipinski definition) is 0.